The minimum Gasteiger partial charge on any atom is -0.476 e. The van der Waals surface area contributed by atoms with Crippen molar-refractivity contribution in [1.82, 2.24) is 10.3 Å². The van der Waals surface area contributed by atoms with Crippen LogP contribution in [0.5, 0.6) is 5.88 Å². The van der Waals surface area contributed by atoms with Crippen molar-refractivity contribution in [2.45, 2.75) is 165 Å². The summed E-state index contributed by atoms with van der Waals surface area (Å²) in [6.45, 7) is 9.08. The van der Waals surface area contributed by atoms with Crippen LogP contribution < -0.4 is 21.5 Å². The Bertz CT molecular complexity index is 1610. The molecule has 0 spiro atoms. The van der Waals surface area contributed by atoms with Gasteiger partial charge in [-0.2, -0.15) is 5.26 Å². The van der Waals surface area contributed by atoms with Crippen LogP contribution in [0.3, 0.4) is 0 Å². The molecule has 6 N–H and O–H groups in total. The fourth-order valence-corrected chi connectivity index (χ4v) is 14.5. The minimum absolute atomic E-state index is 0.116. The summed E-state index contributed by atoms with van der Waals surface area (Å²) in [6, 6.07) is 5.73. The Morgan fingerprint density at radius 2 is 1.75 bits per heavy atom. The fraction of sp³-hybridized carbons (Fsp3) is 0.778. The largest absolute Gasteiger partial charge is 0.476 e. The molecule has 10 atom stereocenters. The number of nitrogens with two attached hydrogens (primary N) is 2. The van der Waals surface area contributed by atoms with Crippen molar-refractivity contribution in [2.75, 3.05) is 13.2 Å². The molecule has 5 fully saturated rings. The smallest absolute Gasteiger partial charge is 0.231 e. The van der Waals surface area contributed by atoms with Gasteiger partial charge in [-0.15, -0.1) is 0 Å². The van der Waals surface area contributed by atoms with Crippen LogP contribution in [0.4, 0.5) is 0 Å². The summed E-state index contributed by atoms with van der Waals surface area (Å²) in [7, 11) is 0. The van der Waals surface area contributed by atoms with E-state index in [1.54, 1.807) is 18.3 Å². The Morgan fingerprint density at radius 1 is 0.923 bits per heavy atom. The van der Waals surface area contributed by atoms with Crippen LogP contribution in [0.2, 0.25) is 0 Å². The van der Waals surface area contributed by atoms with Crippen molar-refractivity contribution in [3.8, 4) is 11.9 Å². The minimum atomic E-state index is -0.455. The van der Waals surface area contributed by atoms with Crippen LogP contribution in [0.25, 0.3) is 0 Å². The van der Waals surface area contributed by atoms with Gasteiger partial charge in [-0.3, -0.25) is 0 Å². The first kappa shape index (κ1) is 36.7. The van der Waals surface area contributed by atoms with Gasteiger partial charge in [0.25, 0.3) is 0 Å². The molecule has 1 heterocycles. The van der Waals surface area contributed by atoms with Gasteiger partial charge in [-0.05, 0) is 173 Å². The first-order chi connectivity index (χ1) is 24.9. The molecule has 0 aliphatic heterocycles. The van der Waals surface area contributed by atoms with E-state index in [0.717, 1.165) is 64.3 Å². The van der Waals surface area contributed by atoms with Gasteiger partial charge < -0.3 is 26.6 Å². The van der Waals surface area contributed by atoms with Gasteiger partial charge in [0, 0.05) is 22.8 Å². The summed E-state index contributed by atoms with van der Waals surface area (Å²) in [5.41, 5.74) is 18.4. The zero-order chi connectivity index (χ0) is 36.4. The molecule has 0 radical (unpaired) electrons. The number of pyridine rings is 1. The van der Waals surface area contributed by atoms with Crippen LogP contribution in [-0.2, 0) is 0 Å². The molecule has 52 heavy (non-hydrogen) atoms. The number of ether oxygens (including phenoxy) is 1. The molecule has 284 valence electrons. The molecule has 7 aliphatic rings. The maximum Gasteiger partial charge on any atom is 0.231 e. The van der Waals surface area contributed by atoms with Gasteiger partial charge >= 0.3 is 0 Å². The van der Waals surface area contributed by atoms with Crippen LogP contribution in [0, 0.1) is 51.8 Å². The third kappa shape index (κ3) is 5.84. The van der Waals surface area contributed by atoms with Gasteiger partial charge in [0.05, 0.1) is 12.2 Å². The monoisotopic (exact) mass is 710 g/mol. The van der Waals surface area contributed by atoms with Crippen molar-refractivity contribution < 1.29 is 9.84 Å². The maximum atomic E-state index is 11.3. The Labute approximate surface area is 313 Å². The Kier molecular flexibility index (Phi) is 9.54. The van der Waals surface area contributed by atoms with E-state index in [1.165, 1.54) is 75.4 Å². The van der Waals surface area contributed by atoms with Gasteiger partial charge in [-0.25, -0.2) is 4.98 Å². The summed E-state index contributed by atoms with van der Waals surface area (Å²) in [4.78, 5) is 4.29. The summed E-state index contributed by atoms with van der Waals surface area (Å²) >= 11 is 0. The topological polar surface area (TPSA) is 130 Å². The summed E-state index contributed by atoms with van der Waals surface area (Å²) in [5, 5.41) is 24.8. The van der Waals surface area contributed by atoms with E-state index in [1.807, 2.05) is 0 Å². The third-order valence-electron chi connectivity index (χ3n) is 17.2. The van der Waals surface area contributed by atoms with Gasteiger partial charge in [0.2, 0.25) is 5.88 Å². The second-order valence-corrected chi connectivity index (χ2v) is 19.7. The highest BCUT2D eigenvalue weighted by Gasteiger charge is 2.70. The SMILES string of the molecule is CC1(N)C(C2=CCC(COc3ncccc3C#N)CC2)=CCC2(C)C1CCC1(C)C2CC[C@@H]2C3CCCC3(NCCC3(O)CCCCC3)CCC21N. The lowest BCUT2D eigenvalue weighted by molar-refractivity contribution is -0.180. The predicted molar refractivity (Wildman–Crippen MR) is 207 cm³/mol. The van der Waals surface area contributed by atoms with Crippen molar-refractivity contribution >= 4 is 0 Å². The van der Waals surface area contributed by atoms with E-state index < -0.39 is 5.60 Å². The normalized spacial score (nSPS) is 43.8. The van der Waals surface area contributed by atoms with E-state index in [9.17, 15) is 10.4 Å². The highest BCUT2D eigenvalue weighted by molar-refractivity contribution is 5.44. The lowest BCUT2D eigenvalue weighted by atomic mass is 9.35. The zero-order valence-corrected chi connectivity index (χ0v) is 32.5. The van der Waals surface area contributed by atoms with Gasteiger partial charge in [-0.1, -0.05) is 51.7 Å². The first-order valence-electron chi connectivity index (χ1n) is 21.3. The molecule has 0 aromatic carbocycles. The Hall–Kier alpha value is -2.24. The zero-order valence-electron chi connectivity index (χ0n) is 32.5. The Morgan fingerprint density at radius 3 is 2.52 bits per heavy atom. The average molecular weight is 710 g/mol. The molecule has 7 heteroatoms. The molecule has 7 nitrogen and oxygen atoms in total. The first-order valence-corrected chi connectivity index (χ1v) is 21.3. The van der Waals surface area contributed by atoms with Crippen LogP contribution >= 0.6 is 0 Å². The molecule has 0 amide bonds. The van der Waals surface area contributed by atoms with Gasteiger partial charge in [0.1, 0.15) is 11.6 Å². The van der Waals surface area contributed by atoms with E-state index in [-0.39, 0.29) is 27.4 Å². The molecule has 9 unspecified atom stereocenters. The van der Waals surface area contributed by atoms with Crippen LogP contribution in [0.15, 0.2) is 41.6 Å². The summed E-state index contributed by atoms with van der Waals surface area (Å²) in [5.74, 6) is 3.10. The number of allylic oxidation sites excluding steroid dienone is 2. The number of aromatic nitrogens is 1. The number of nitrogens with one attached hydrogen (secondary N) is 1. The number of nitriles is 1. The lowest BCUT2D eigenvalue weighted by Gasteiger charge is -2.71. The molecule has 8 rings (SSSR count). The maximum absolute atomic E-state index is 11.3. The second-order valence-electron chi connectivity index (χ2n) is 19.7. The highest BCUT2D eigenvalue weighted by atomic mass is 16.5. The standard InChI is InChI=1S/C45H67N5O2/c1-40-22-17-34(32-13-11-31(12-14-32)30-52-39-33(29-46)9-8-27-49-39)42(3,47)38(40)18-23-41(2)37(40)16-15-36-35-10-7-21-44(35,24-25-45(36,41)48)50-28-26-43(51)19-5-4-6-20-43/h8-9,13,17,27,31,35-38,50-51H,4-7,10-12,14-16,18-26,28,30,47-48H2,1-3H3/t31?,35?,36-,37?,38?,40?,41?,42?,44?,45?/m1/s1. The van der Waals surface area contributed by atoms with Crippen LogP contribution in [0.1, 0.15) is 148 Å². The molecule has 1 aromatic heterocycles. The summed E-state index contributed by atoms with van der Waals surface area (Å²) < 4.78 is 6.03. The van der Waals surface area contributed by atoms with Crippen molar-refractivity contribution in [1.29, 1.82) is 5.26 Å². The van der Waals surface area contributed by atoms with E-state index >= 15 is 0 Å². The molecule has 0 bridgehead atoms. The third-order valence-corrected chi connectivity index (χ3v) is 17.2. The van der Waals surface area contributed by atoms with Crippen molar-refractivity contribution in [3.63, 3.8) is 0 Å². The average Bonchev–Trinajstić information content (AvgIpc) is 3.55. The fourth-order valence-electron chi connectivity index (χ4n) is 14.5. The number of fused-ring (bicyclic) bond motifs is 7. The van der Waals surface area contributed by atoms with E-state index in [0.29, 0.717) is 47.6 Å². The number of aliphatic hydroxyl groups is 1. The molecular formula is C45H67N5O2. The number of nitrogens with zero attached hydrogens (tertiary/aromatic N) is 2. The van der Waals surface area contributed by atoms with E-state index in [4.69, 9.17) is 16.2 Å². The molecule has 1 aromatic rings. The molecular weight excluding hydrogens is 643 g/mol. The number of hydrogen-bond acceptors (Lipinski definition) is 7. The predicted octanol–water partition coefficient (Wildman–Crippen LogP) is 8.26. The quantitative estimate of drug-likeness (QED) is 0.214. The van der Waals surface area contributed by atoms with Gasteiger partial charge in [0.15, 0.2) is 0 Å². The molecule has 0 saturated heterocycles. The molecule has 7 aliphatic carbocycles. The van der Waals surface area contributed by atoms with E-state index in [2.05, 4.69) is 49.3 Å². The van der Waals surface area contributed by atoms with Crippen molar-refractivity contribution in [3.05, 3.63) is 47.2 Å². The van der Waals surface area contributed by atoms with Crippen LogP contribution in [-0.4, -0.2) is 45.5 Å². The number of rotatable bonds is 8. The number of hydrogen-bond donors (Lipinski definition) is 4. The second kappa shape index (κ2) is 13.5. The summed E-state index contributed by atoms with van der Waals surface area (Å²) in [6.07, 6.45) is 28.4. The Balaban J connectivity index is 0.961. The molecule has 5 saturated carbocycles. The van der Waals surface area contributed by atoms with Crippen molar-refractivity contribution in [2.24, 2.45) is 51.9 Å². The lowest BCUT2D eigenvalue weighted by Crippen LogP contribution is -2.75. The highest BCUT2D eigenvalue weighted by Crippen LogP contribution is 2.71.